The molecule has 0 spiro atoms. The van der Waals surface area contributed by atoms with Gasteiger partial charge in [-0.2, -0.15) is 0 Å². The second-order valence-electron chi connectivity index (χ2n) is 7.07. The minimum atomic E-state index is -0.586. The molecular formula is C17H24BN3O3SY-2. The number of hydrogen-bond donors (Lipinski definition) is 1. The molecular weight excluding hydrogens is 426 g/mol. The molecule has 0 aromatic carbocycles. The zero-order valence-electron chi connectivity index (χ0n) is 15.6. The van der Waals surface area contributed by atoms with E-state index in [-0.39, 0.29) is 57.4 Å². The Bertz CT molecular complexity index is 644. The number of aromatic nitrogens is 1. The second-order valence-corrected chi connectivity index (χ2v) is 8.14. The molecule has 0 aliphatic heterocycles. The number of ether oxygens (including phenoxy) is 1. The molecule has 0 saturated heterocycles. The van der Waals surface area contributed by atoms with E-state index in [1.165, 1.54) is 16.2 Å². The Kier molecular flexibility index (Phi) is 8.75. The number of thiazole rings is 1. The van der Waals surface area contributed by atoms with Crippen molar-refractivity contribution < 1.29 is 47.0 Å². The van der Waals surface area contributed by atoms with Gasteiger partial charge in [-0.05, 0) is 38.4 Å². The normalized spacial score (nSPS) is 15.0. The fourth-order valence-electron chi connectivity index (χ4n) is 2.22. The molecule has 2 rings (SSSR count). The molecule has 9 heteroatoms. The molecule has 26 heavy (non-hydrogen) atoms. The first-order valence-corrected chi connectivity index (χ1v) is 9.10. The third-order valence-electron chi connectivity index (χ3n) is 3.62. The van der Waals surface area contributed by atoms with E-state index in [2.05, 4.69) is 24.1 Å². The summed E-state index contributed by atoms with van der Waals surface area (Å²) in [6, 6.07) is -0.511. The van der Waals surface area contributed by atoms with Crippen molar-refractivity contribution in [1.82, 2.24) is 15.2 Å². The molecule has 1 atom stereocenters. The van der Waals surface area contributed by atoms with Gasteiger partial charge in [-0.3, -0.25) is 4.79 Å². The van der Waals surface area contributed by atoms with Crippen LogP contribution in [-0.4, -0.2) is 54.5 Å². The zero-order chi connectivity index (χ0) is 18.8. The van der Waals surface area contributed by atoms with E-state index in [0.29, 0.717) is 10.7 Å². The van der Waals surface area contributed by atoms with E-state index < -0.39 is 17.7 Å². The molecule has 1 aliphatic rings. The van der Waals surface area contributed by atoms with E-state index in [9.17, 15) is 9.59 Å². The molecule has 0 unspecified atom stereocenters. The number of hydrogen-bond acceptors (Lipinski definition) is 5. The quantitative estimate of drug-likeness (QED) is 0.531. The van der Waals surface area contributed by atoms with Crippen molar-refractivity contribution in [3.63, 3.8) is 0 Å². The summed E-state index contributed by atoms with van der Waals surface area (Å²) >= 11 is 1.37. The molecule has 1 saturated carbocycles. The van der Waals surface area contributed by atoms with Crippen LogP contribution in [0, 0.1) is 13.8 Å². The smallest absolute Gasteiger partial charge is 0.407 e. The Labute approximate surface area is 186 Å². The average molecular weight is 450 g/mol. The average Bonchev–Trinajstić information content (AvgIpc) is 3.27. The monoisotopic (exact) mass is 450 g/mol. The van der Waals surface area contributed by atoms with Gasteiger partial charge in [0.25, 0.3) is 5.91 Å². The predicted octanol–water partition coefficient (Wildman–Crippen LogP) is 1.82. The molecule has 0 bridgehead atoms. The van der Waals surface area contributed by atoms with Crippen LogP contribution >= 0.6 is 11.3 Å². The van der Waals surface area contributed by atoms with Crippen molar-refractivity contribution in [2.45, 2.75) is 51.2 Å². The number of nitrogens with zero attached hydrogens (tertiary/aromatic N) is 2. The van der Waals surface area contributed by atoms with Crippen molar-refractivity contribution in [3.8, 4) is 0 Å². The summed E-state index contributed by atoms with van der Waals surface area (Å²) in [4.78, 5) is 30.3. The first-order valence-electron chi connectivity index (χ1n) is 8.28. The van der Waals surface area contributed by atoms with Crippen LogP contribution in [0.15, 0.2) is 0 Å². The Balaban J connectivity index is 0.00000338. The van der Waals surface area contributed by atoms with Crippen LogP contribution in [0.4, 0.5) is 4.79 Å². The molecule has 1 aliphatic carbocycles. The van der Waals surface area contributed by atoms with Gasteiger partial charge in [0.1, 0.15) is 19.1 Å². The van der Waals surface area contributed by atoms with Crippen LogP contribution in [0.3, 0.4) is 0 Å². The summed E-state index contributed by atoms with van der Waals surface area (Å²) in [6.45, 7) is 13.4. The van der Waals surface area contributed by atoms with Gasteiger partial charge >= 0.3 is 6.09 Å². The fourth-order valence-corrected chi connectivity index (χ4v) is 3.21. The molecule has 139 valence electrons. The van der Waals surface area contributed by atoms with E-state index in [4.69, 9.17) is 12.6 Å². The summed E-state index contributed by atoms with van der Waals surface area (Å²) in [5, 5.41) is 3.53. The molecule has 2 amide bonds. The van der Waals surface area contributed by atoms with E-state index in [1.807, 2.05) is 0 Å². The van der Waals surface area contributed by atoms with Crippen molar-refractivity contribution in [2.75, 3.05) is 13.1 Å². The van der Waals surface area contributed by atoms with Crippen molar-refractivity contribution in [1.29, 1.82) is 0 Å². The predicted molar refractivity (Wildman–Crippen MR) is 99.3 cm³/mol. The molecule has 1 heterocycles. The van der Waals surface area contributed by atoms with Crippen LogP contribution in [0.5, 0.6) is 0 Å². The first kappa shape index (κ1) is 23.6. The van der Waals surface area contributed by atoms with Crippen molar-refractivity contribution >= 4 is 36.0 Å². The molecule has 6 nitrogen and oxygen atoms in total. The topological polar surface area (TPSA) is 71.5 Å². The van der Waals surface area contributed by atoms with Gasteiger partial charge in [-0.15, -0.1) is 17.9 Å². The number of amides is 2. The van der Waals surface area contributed by atoms with E-state index in [1.54, 1.807) is 20.8 Å². The third kappa shape index (κ3) is 6.61. The van der Waals surface area contributed by atoms with Crippen molar-refractivity contribution in [3.05, 3.63) is 24.5 Å². The van der Waals surface area contributed by atoms with Gasteiger partial charge in [-0.25, -0.2) is 9.78 Å². The molecule has 1 N–H and O–H groups in total. The Morgan fingerprint density at radius 1 is 1.46 bits per heavy atom. The summed E-state index contributed by atoms with van der Waals surface area (Å²) in [5.41, 5.74) is -0.335. The number of carbonyl (C=O) groups is 2. The van der Waals surface area contributed by atoms with Gasteiger partial charge in [0, 0.05) is 45.2 Å². The Morgan fingerprint density at radius 3 is 2.58 bits per heavy atom. The summed E-state index contributed by atoms with van der Waals surface area (Å²) < 4.78 is 5.59. The standard InChI is InChI=1S/C17H24BN3O3S.Y/c1-6-21(10(2)9-19-16(23)24-17(3,4)5)15(22)12-13(18)25-14(20-12)11-7-8-11;/h10-11H,1-2,6-9H2,3-5H3,(H,19,23);/q-2;/t10-;/m0./s1. The molecule has 1 fully saturated rings. The van der Waals surface area contributed by atoms with Crippen LogP contribution in [0.2, 0.25) is 0 Å². The third-order valence-corrected chi connectivity index (χ3v) is 4.67. The fraction of sp³-hybridized carbons (Fsp3) is 0.588. The summed E-state index contributed by atoms with van der Waals surface area (Å²) in [5.74, 6) is 0.119. The van der Waals surface area contributed by atoms with Gasteiger partial charge < -0.3 is 28.8 Å². The summed E-state index contributed by atoms with van der Waals surface area (Å²) in [7, 11) is 5.97. The maximum Gasteiger partial charge on any atom is 0.407 e. The van der Waals surface area contributed by atoms with E-state index >= 15 is 0 Å². The SMILES string of the molecule is [B]c1sc(C2CC2)nc1C(=O)N(C[CH2-])[C@@H]([CH2-])CNC(=O)OC(C)(C)C.[Y]. The maximum absolute atomic E-state index is 12.7. The van der Waals surface area contributed by atoms with Gasteiger partial charge in [0.05, 0.1) is 5.01 Å². The number of alkyl carbamates (subject to hydrolysis) is 1. The first-order chi connectivity index (χ1) is 11.6. The second kappa shape index (κ2) is 9.65. The number of rotatable bonds is 6. The van der Waals surface area contributed by atoms with Gasteiger partial charge in [0.15, 0.2) is 0 Å². The van der Waals surface area contributed by atoms with Crippen LogP contribution in [0.25, 0.3) is 0 Å². The minimum Gasteiger partial charge on any atom is -0.444 e. The Hall–Kier alpha value is -0.461. The number of carbonyl (C=O) groups excluding carboxylic acids is 2. The van der Waals surface area contributed by atoms with Crippen LogP contribution in [-0.2, 0) is 37.4 Å². The van der Waals surface area contributed by atoms with Crippen LogP contribution in [0.1, 0.15) is 55.0 Å². The molecule has 1 aromatic heterocycles. The summed E-state index contributed by atoms with van der Waals surface area (Å²) in [6.07, 6.45) is 1.64. The minimum absolute atomic E-state index is 0. The molecule has 3 radical (unpaired) electrons. The van der Waals surface area contributed by atoms with Crippen molar-refractivity contribution in [2.24, 2.45) is 0 Å². The number of nitrogens with one attached hydrogen (secondary N) is 1. The van der Waals surface area contributed by atoms with Crippen LogP contribution < -0.4 is 10.1 Å². The zero-order valence-corrected chi connectivity index (χ0v) is 19.2. The van der Waals surface area contributed by atoms with Gasteiger partial charge in [-0.1, -0.05) is 6.04 Å². The Morgan fingerprint density at radius 2 is 2.08 bits per heavy atom. The maximum atomic E-state index is 12.7. The van der Waals surface area contributed by atoms with Gasteiger partial charge in [0.2, 0.25) is 0 Å². The molecule has 1 aromatic rings. The largest absolute Gasteiger partial charge is 0.444 e. The van der Waals surface area contributed by atoms with E-state index in [0.717, 1.165) is 17.8 Å².